The highest BCUT2D eigenvalue weighted by molar-refractivity contribution is 6.20. The van der Waals surface area contributed by atoms with Crippen molar-refractivity contribution in [2.75, 3.05) is 0 Å². The van der Waals surface area contributed by atoms with Gasteiger partial charge in [0.1, 0.15) is 0 Å². The maximum Gasteiger partial charge on any atom is 0.0335 e. The van der Waals surface area contributed by atoms with E-state index in [0.29, 0.717) is 11.3 Å². The molecule has 0 heterocycles. The van der Waals surface area contributed by atoms with E-state index >= 15 is 0 Å². The molecule has 1 heteroatoms. The van der Waals surface area contributed by atoms with E-state index in [4.69, 9.17) is 11.6 Å². The lowest BCUT2D eigenvalue weighted by Crippen LogP contribution is -2.15. The Kier molecular flexibility index (Phi) is 4.29. The molecule has 0 aliphatic heterocycles. The number of hydrogen-bond acceptors (Lipinski definition) is 0. The zero-order valence-corrected chi connectivity index (χ0v) is 7.57. The second-order valence-electron chi connectivity index (χ2n) is 2.92. The highest BCUT2D eigenvalue weighted by Gasteiger charge is 2.14. The lowest BCUT2D eigenvalue weighted by molar-refractivity contribution is 0.372. The molecule has 0 spiro atoms. The molecule has 56 valence electrons. The minimum Gasteiger partial charge on any atom is -0.123 e. The molecule has 0 rings (SSSR count). The van der Waals surface area contributed by atoms with Gasteiger partial charge in [0.05, 0.1) is 0 Å². The van der Waals surface area contributed by atoms with Crippen LogP contribution in [0, 0.1) is 11.8 Å². The van der Waals surface area contributed by atoms with E-state index in [1.54, 1.807) is 0 Å². The van der Waals surface area contributed by atoms with Crippen LogP contribution in [0.15, 0.2) is 0 Å². The third-order valence-electron chi connectivity index (χ3n) is 2.27. The highest BCUT2D eigenvalue weighted by Crippen LogP contribution is 2.21. The average molecular weight is 149 g/mol. The smallest absolute Gasteiger partial charge is 0.0335 e. The summed E-state index contributed by atoms with van der Waals surface area (Å²) in [5, 5.41) is 0.319. The second kappa shape index (κ2) is 4.16. The van der Waals surface area contributed by atoms with E-state index in [1.165, 1.54) is 6.42 Å². The molecule has 3 atom stereocenters. The summed E-state index contributed by atoms with van der Waals surface area (Å²) in [7, 11) is 0. The minimum atomic E-state index is 0.319. The Labute approximate surface area is 63.6 Å². The number of alkyl halides is 1. The van der Waals surface area contributed by atoms with Crippen molar-refractivity contribution in [1.29, 1.82) is 0 Å². The van der Waals surface area contributed by atoms with Crippen LogP contribution in [0.5, 0.6) is 0 Å². The van der Waals surface area contributed by atoms with Gasteiger partial charge in [-0.3, -0.25) is 0 Å². The normalized spacial score (nSPS) is 21.0. The van der Waals surface area contributed by atoms with Crippen molar-refractivity contribution in [2.45, 2.75) is 39.5 Å². The molecule has 9 heavy (non-hydrogen) atoms. The van der Waals surface area contributed by atoms with Crippen LogP contribution in [0.25, 0.3) is 0 Å². The van der Waals surface area contributed by atoms with Gasteiger partial charge in [-0.25, -0.2) is 0 Å². The van der Waals surface area contributed by atoms with Crippen molar-refractivity contribution in [1.82, 2.24) is 0 Å². The summed E-state index contributed by atoms with van der Waals surface area (Å²) in [5.74, 6) is 1.41. The average Bonchev–Trinajstić information content (AvgIpc) is 1.84. The first kappa shape index (κ1) is 9.29. The third kappa shape index (κ3) is 3.10. The van der Waals surface area contributed by atoms with E-state index in [-0.39, 0.29) is 0 Å². The van der Waals surface area contributed by atoms with E-state index in [9.17, 15) is 0 Å². The summed E-state index contributed by atoms with van der Waals surface area (Å²) in [4.78, 5) is 0. The molecule has 0 nitrogen and oxygen atoms in total. The molecule has 0 saturated heterocycles. The lowest BCUT2D eigenvalue weighted by atomic mass is 9.91. The van der Waals surface area contributed by atoms with Gasteiger partial charge in [-0.15, -0.1) is 11.6 Å². The molecule has 0 aliphatic carbocycles. The Morgan fingerprint density at radius 1 is 1.22 bits per heavy atom. The quantitative estimate of drug-likeness (QED) is 0.539. The fourth-order valence-corrected chi connectivity index (χ4v) is 1.07. The Morgan fingerprint density at radius 3 is 1.78 bits per heavy atom. The maximum atomic E-state index is 5.90. The molecule has 0 amide bonds. The Morgan fingerprint density at radius 2 is 1.67 bits per heavy atom. The second-order valence-corrected chi connectivity index (χ2v) is 3.61. The first-order valence-electron chi connectivity index (χ1n) is 3.73. The van der Waals surface area contributed by atoms with E-state index in [0.717, 1.165) is 5.92 Å². The Bertz CT molecular complexity index is 69.0. The van der Waals surface area contributed by atoms with Crippen LogP contribution in [-0.2, 0) is 0 Å². The summed E-state index contributed by atoms with van der Waals surface area (Å²) < 4.78 is 0. The SMILES string of the molecule is CCC(C)C(C)C(C)Cl. The summed E-state index contributed by atoms with van der Waals surface area (Å²) in [6, 6.07) is 0. The number of rotatable bonds is 3. The maximum absolute atomic E-state index is 5.90. The lowest BCUT2D eigenvalue weighted by Gasteiger charge is -2.19. The van der Waals surface area contributed by atoms with Crippen LogP contribution in [0.1, 0.15) is 34.1 Å². The van der Waals surface area contributed by atoms with Crippen LogP contribution in [0.2, 0.25) is 0 Å². The van der Waals surface area contributed by atoms with Gasteiger partial charge in [-0.2, -0.15) is 0 Å². The minimum absolute atomic E-state index is 0.319. The van der Waals surface area contributed by atoms with Crippen molar-refractivity contribution in [3.63, 3.8) is 0 Å². The fourth-order valence-electron chi connectivity index (χ4n) is 0.824. The zero-order chi connectivity index (χ0) is 7.44. The van der Waals surface area contributed by atoms with Crippen molar-refractivity contribution in [3.05, 3.63) is 0 Å². The van der Waals surface area contributed by atoms with Crippen molar-refractivity contribution < 1.29 is 0 Å². The Balaban J connectivity index is 3.58. The zero-order valence-electron chi connectivity index (χ0n) is 6.82. The summed E-state index contributed by atoms with van der Waals surface area (Å²) in [5.41, 5.74) is 0. The van der Waals surface area contributed by atoms with Crippen LogP contribution in [-0.4, -0.2) is 5.38 Å². The van der Waals surface area contributed by atoms with Gasteiger partial charge in [0.15, 0.2) is 0 Å². The van der Waals surface area contributed by atoms with E-state index in [1.807, 2.05) is 0 Å². The molecule has 3 unspecified atom stereocenters. The predicted molar refractivity (Wildman–Crippen MR) is 43.9 cm³/mol. The summed E-state index contributed by atoms with van der Waals surface area (Å²) >= 11 is 5.90. The van der Waals surface area contributed by atoms with Gasteiger partial charge in [0.2, 0.25) is 0 Å². The molecule has 0 aromatic heterocycles. The van der Waals surface area contributed by atoms with Crippen molar-refractivity contribution >= 4 is 11.6 Å². The molecule has 0 aromatic carbocycles. The molecule has 0 radical (unpaired) electrons. The van der Waals surface area contributed by atoms with Crippen LogP contribution < -0.4 is 0 Å². The van der Waals surface area contributed by atoms with Gasteiger partial charge < -0.3 is 0 Å². The fraction of sp³-hybridized carbons (Fsp3) is 1.00. The molecular formula is C8H17Cl. The summed E-state index contributed by atoms with van der Waals surface area (Å²) in [6.45, 7) is 8.74. The van der Waals surface area contributed by atoms with Crippen molar-refractivity contribution in [3.8, 4) is 0 Å². The molecular weight excluding hydrogens is 132 g/mol. The Hall–Kier alpha value is 0.290. The number of halogens is 1. The largest absolute Gasteiger partial charge is 0.123 e. The van der Waals surface area contributed by atoms with Crippen LogP contribution in [0.4, 0.5) is 0 Å². The molecule has 0 N–H and O–H groups in total. The van der Waals surface area contributed by atoms with Gasteiger partial charge in [-0.05, 0) is 18.8 Å². The first-order valence-corrected chi connectivity index (χ1v) is 4.17. The van der Waals surface area contributed by atoms with Gasteiger partial charge in [0.25, 0.3) is 0 Å². The highest BCUT2D eigenvalue weighted by atomic mass is 35.5. The molecule has 0 bridgehead atoms. The third-order valence-corrected chi connectivity index (χ3v) is 2.66. The molecule has 0 fully saturated rings. The standard InChI is InChI=1S/C8H17Cl/c1-5-6(2)7(3)8(4)9/h6-8H,5H2,1-4H3. The van der Waals surface area contributed by atoms with Crippen LogP contribution in [0.3, 0.4) is 0 Å². The first-order chi connectivity index (χ1) is 4.09. The topological polar surface area (TPSA) is 0 Å². The van der Waals surface area contributed by atoms with E-state index in [2.05, 4.69) is 27.7 Å². The molecule has 0 aliphatic rings. The van der Waals surface area contributed by atoms with E-state index < -0.39 is 0 Å². The van der Waals surface area contributed by atoms with Crippen molar-refractivity contribution in [2.24, 2.45) is 11.8 Å². The van der Waals surface area contributed by atoms with Gasteiger partial charge >= 0.3 is 0 Å². The predicted octanol–water partition coefficient (Wildman–Crippen LogP) is 3.30. The van der Waals surface area contributed by atoms with Gasteiger partial charge in [0, 0.05) is 5.38 Å². The summed E-state index contributed by atoms with van der Waals surface area (Å²) in [6.07, 6.45) is 1.23. The number of hydrogen-bond donors (Lipinski definition) is 0. The molecule has 0 aromatic rings. The monoisotopic (exact) mass is 148 g/mol. The molecule has 0 saturated carbocycles. The van der Waals surface area contributed by atoms with Crippen LogP contribution >= 0.6 is 11.6 Å². The van der Waals surface area contributed by atoms with Gasteiger partial charge in [-0.1, -0.05) is 27.2 Å².